The molecule has 2 fully saturated rings. The standard InChI is InChI=1S/C39H61N11O10S2/c40-24(19-61)32(53)46-26(17-22-10-12-23(51)13-11-22)35(56)47-27(16-21-6-2-1-3-7-21)34(55)45-25(8-4-14-44-39(42)43)33(54)48-28(18-31(41)52)36(57)49-29(20-62)37(58)50-15-5-9-30(50)38(59)60/h10-13,21,24-30,51,61-62H,1-9,14-20,40H2,(H2,41,52)(H,45,55)(H,46,53)(H,47,56)(H,48,54)(H,49,57)(H,59,60)(H4,42,43,44)/t24-,25-,26-,27-,28-,29-,30-/m0/s1. The fourth-order valence-electron chi connectivity index (χ4n) is 7.37. The maximum absolute atomic E-state index is 14.3. The summed E-state index contributed by atoms with van der Waals surface area (Å²) in [7, 11) is 0. The fraction of sp³-hybridized carbons (Fsp3) is 0.615. The Balaban J connectivity index is 1.90. The molecule has 0 radical (unpaired) electrons. The van der Waals surface area contributed by atoms with Crippen LogP contribution in [-0.4, -0.2) is 135 Å². The van der Waals surface area contributed by atoms with Gasteiger partial charge in [-0.3, -0.25) is 38.6 Å². The molecular formula is C39H61N11O10S2. The average molecular weight is 908 g/mol. The topological polar surface area (TPSA) is 357 Å². The highest BCUT2D eigenvalue weighted by Gasteiger charge is 2.39. The van der Waals surface area contributed by atoms with Crippen LogP contribution >= 0.6 is 25.3 Å². The fourth-order valence-corrected chi connectivity index (χ4v) is 7.78. The first-order chi connectivity index (χ1) is 29.4. The second-order valence-electron chi connectivity index (χ2n) is 15.5. The van der Waals surface area contributed by atoms with Crippen molar-refractivity contribution in [3.05, 3.63) is 29.8 Å². The van der Waals surface area contributed by atoms with Gasteiger partial charge in [0.25, 0.3) is 0 Å². The molecule has 0 unspecified atom stereocenters. The number of nitrogens with one attached hydrogen (secondary N) is 5. The van der Waals surface area contributed by atoms with Crippen LogP contribution in [0.4, 0.5) is 0 Å². The summed E-state index contributed by atoms with van der Waals surface area (Å²) in [6.07, 6.45) is 4.52. The normalized spacial score (nSPS) is 18.1. The Labute approximate surface area is 370 Å². The molecule has 0 bridgehead atoms. The minimum absolute atomic E-state index is 0.0104. The minimum atomic E-state index is -1.65. The van der Waals surface area contributed by atoms with E-state index in [2.05, 4.69) is 56.8 Å². The van der Waals surface area contributed by atoms with Gasteiger partial charge in [0.05, 0.1) is 12.5 Å². The first-order valence-corrected chi connectivity index (χ1v) is 21.8. The number of thiol groups is 2. The zero-order valence-corrected chi connectivity index (χ0v) is 36.3. The molecule has 21 nitrogen and oxygen atoms in total. The van der Waals surface area contributed by atoms with E-state index in [1.165, 1.54) is 12.1 Å². The molecule has 7 atom stereocenters. The summed E-state index contributed by atoms with van der Waals surface area (Å²) >= 11 is 8.26. The van der Waals surface area contributed by atoms with Crippen molar-refractivity contribution in [3.8, 4) is 5.75 Å². The highest BCUT2D eigenvalue weighted by atomic mass is 32.1. The lowest BCUT2D eigenvalue weighted by Gasteiger charge is -2.30. The van der Waals surface area contributed by atoms with Crippen molar-refractivity contribution in [2.75, 3.05) is 24.6 Å². The van der Waals surface area contributed by atoms with Crippen LogP contribution in [0, 0.1) is 5.92 Å². The number of carbonyl (C=O) groups excluding carboxylic acids is 7. The second-order valence-corrected chi connectivity index (χ2v) is 16.3. The SMILES string of the molecule is NC(=O)C[C@H](NC(=O)[C@H](CCCN=C(N)N)NC(=O)[C@H](CC1CCCCC1)NC(=O)[C@H](Cc1ccc(O)cc1)NC(=O)[C@@H](N)CS)C(=O)N[C@@H](CS)C(=O)N1CCC[C@H]1C(=O)O. The van der Waals surface area contributed by atoms with Gasteiger partial charge in [0, 0.05) is 31.0 Å². The summed E-state index contributed by atoms with van der Waals surface area (Å²) in [5.74, 6) is -7.45. The lowest BCUT2D eigenvalue weighted by atomic mass is 9.84. The molecule has 0 spiro atoms. The molecule has 1 saturated heterocycles. The molecular weight excluding hydrogens is 847 g/mol. The summed E-state index contributed by atoms with van der Waals surface area (Å²) in [6, 6.07) is -2.97. The summed E-state index contributed by atoms with van der Waals surface area (Å²) in [6.45, 7) is 0.181. The maximum atomic E-state index is 14.3. The lowest BCUT2D eigenvalue weighted by molar-refractivity contribution is -0.149. The number of hydrogen-bond donors (Lipinski definition) is 13. The molecule has 15 N–H and O–H groups in total. The molecule has 1 aromatic rings. The number of amides is 7. The van der Waals surface area contributed by atoms with Crippen LogP contribution in [0.3, 0.4) is 0 Å². The van der Waals surface area contributed by atoms with Gasteiger partial charge in [0.1, 0.15) is 42.0 Å². The number of phenolic OH excluding ortho intramolecular Hbond substituents is 1. The summed E-state index contributed by atoms with van der Waals surface area (Å²) in [5.41, 5.74) is 22.9. The number of primary amides is 1. The monoisotopic (exact) mass is 907 g/mol. The van der Waals surface area contributed by atoms with Crippen LogP contribution < -0.4 is 49.5 Å². The Hall–Kier alpha value is -5.29. The van der Waals surface area contributed by atoms with Gasteiger partial charge in [-0.2, -0.15) is 25.3 Å². The van der Waals surface area contributed by atoms with E-state index in [-0.39, 0.29) is 74.3 Å². The Morgan fingerprint density at radius 3 is 1.89 bits per heavy atom. The largest absolute Gasteiger partial charge is 0.508 e. The first-order valence-electron chi connectivity index (χ1n) is 20.6. The van der Waals surface area contributed by atoms with E-state index in [0.29, 0.717) is 12.0 Å². The third kappa shape index (κ3) is 16.5. The highest BCUT2D eigenvalue weighted by Crippen LogP contribution is 2.28. The van der Waals surface area contributed by atoms with Crippen molar-refractivity contribution in [2.24, 2.45) is 33.8 Å². The Kier molecular flexibility index (Phi) is 21.1. The Morgan fingerprint density at radius 2 is 1.29 bits per heavy atom. The number of nitrogens with two attached hydrogens (primary N) is 4. The first kappa shape index (κ1) is 51.1. The van der Waals surface area contributed by atoms with Crippen LogP contribution in [-0.2, 0) is 44.8 Å². The predicted octanol–water partition coefficient (Wildman–Crippen LogP) is -2.48. The van der Waals surface area contributed by atoms with Crippen LogP contribution in [0.5, 0.6) is 5.75 Å². The Bertz CT molecular complexity index is 1760. The number of nitrogens with zero attached hydrogens (tertiary/aromatic N) is 2. The number of rotatable bonds is 24. The molecule has 7 amide bonds. The predicted molar refractivity (Wildman–Crippen MR) is 234 cm³/mol. The number of aliphatic imine (C=N–C) groups is 1. The number of aromatic hydroxyl groups is 1. The van der Waals surface area contributed by atoms with Gasteiger partial charge in [-0.05, 0) is 55.7 Å². The van der Waals surface area contributed by atoms with Crippen molar-refractivity contribution in [1.29, 1.82) is 0 Å². The number of hydrogen-bond acceptors (Lipinski definition) is 13. The zero-order valence-electron chi connectivity index (χ0n) is 34.5. The summed E-state index contributed by atoms with van der Waals surface area (Å²) < 4.78 is 0. The second kappa shape index (κ2) is 25.6. The van der Waals surface area contributed by atoms with Gasteiger partial charge >= 0.3 is 5.97 Å². The third-order valence-corrected chi connectivity index (χ3v) is 11.5. The summed E-state index contributed by atoms with van der Waals surface area (Å²) in [5, 5.41) is 32.4. The number of carboxylic acid groups (broad SMARTS) is 1. The van der Waals surface area contributed by atoms with Gasteiger partial charge in [-0.15, -0.1) is 0 Å². The van der Waals surface area contributed by atoms with E-state index in [9.17, 15) is 48.6 Å². The molecule has 62 heavy (non-hydrogen) atoms. The van der Waals surface area contributed by atoms with Crippen molar-refractivity contribution in [1.82, 2.24) is 31.5 Å². The van der Waals surface area contributed by atoms with Crippen molar-refractivity contribution in [3.63, 3.8) is 0 Å². The van der Waals surface area contributed by atoms with Crippen molar-refractivity contribution in [2.45, 2.75) is 119 Å². The molecule has 0 aromatic heterocycles. The number of carbonyl (C=O) groups is 8. The van der Waals surface area contributed by atoms with E-state index in [1.54, 1.807) is 12.1 Å². The van der Waals surface area contributed by atoms with E-state index in [0.717, 1.165) is 37.0 Å². The van der Waals surface area contributed by atoms with Crippen molar-refractivity contribution < 1.29 is 48.6 Å². The molecule has 2 aliphatic rings. The van der Waals surface area contributed by atoms with Crippen LogP contribution in [0.1, 0.15) is 76.2 Å². The molecule has 1 aliphatic heterocycles. The number of aliphatic carboxylic acids is 1. The van der Waals surface area contributed by atoms with Gasteiger partial charge in [0.15, 0.2) is 5.96 Å². The van der Waals surface area contributed by atoms with E-state index in [1.807, 2.05) is 0 Å². The quantitative estimate of drug-likeness (QED) is 0.0222. The van der Waals surface area contributed by atoms with Crippen LogP contribution in [0.15, 0.2) is 29.3 Å². The smallest absolute Gasteiger partial charge is 0.326 e. The van der Waals surface area contributed by atoms with Gasteiger partial charge in [0.2, 0.25) is 41.4 Å². The van der Waals surface area contributed by atoms with E-state index < -0.39 is 96.0 Å². The lowest BCUT2D eigenvalue weighted by Crippen LogP contribution is -2.60. The minimum Gasteiger partial charge on any atom is -0.508 e. The molecule has 3 rings (SSSR count). The highest BCUT2D eigenvalue weighted by molar-refractivity contribution is 7.80. The maximum Gasteiger partial charge on any atom is 0.326 e. The molecule has 23 heteroatoms. The third-order valence-electron chi connectivity index (χ3n) is 10.7. The number of phenols is 1. The zero-order chi connectivity index (χ0) is 45.9. The Morgan fingerprint density at radius 1 is 0.726 bits per heavy atom. The van der Waals surface area contributed by atoms with E-state index >= 15 is 0 Å². The van der Waals surface area contributed by atoms with Crippen molar-refractivity contribution >= 4 is 78.5 Å². The number of likely N-dealkylation sites (tertiary alicyclic amines) is 1. The number of benzene rings is 1. The molecule has 1 saturated carbocycles. The summed E-state index contributed by atoms with van der Waals surface area (Å²) in [4.78, 5) is 111. The molecule has 344 valence electrons. The van der Waals surface area contributed by atoms with Crippen LogP contribution in [0.25, 0.3) is 0 Å². The number of guanidine groups is 1. The molecule has 1 heterocycles. The van der Waals surface area contributed by atoms with Crippen LogP contribution in [0.2, 0.25) is 0 Å². The van der Waals surface area contributed by atoms with Gasteiger partial charge in [-0.25, -0.2) is 4.79 Å². The molecule has 1 aliphatic carbocycles. The number of carboxylic acids is 1. The van der Waals surface area contributed by atoms with Gasteiger partial charge < -0.3 is 64.6 Å². The average Bonchev–Trinajstić information content (AvgIpc) is 3.74. The van der Waals surface area contributed by atoms with Gasteiger partial charge in [-0.1, -0.05) is 44.2 Å². The molecule has 1 aromatic carbocycles. The van der Waals surface area contributed by atoms with E-state index in [4.69, 9.17) is 22.9 Å².